The van der Waals surface area contributed by atoms with Crippen molar-refractivity contribution < 1.29 is 19.1 Å². The highest BCUT2D eigenvalue weighted by molar-refractivity contribution is 7.99. The van der Waals surface area contributed by atoms with E-state index in [1.54, 1.807) is 26.2 Å². The highest BCUT2D eigenvalue weighted by Gasteiger charge is 2.18. The third kappa shape index (κ3) is 5.68. The molecule has 0 unspecified atom stereocenters. The topological polar surface area (TPSA) is 82.4 Å². The number of nitrogens with one attached hydrogen (secondary N) is 1. The minimum atomic E-state index is -0.370. The molecule has 2 aromatic carbocycles. The van der Waals surface area contributed by atoms with E-state index < -0.39 is 0 Å². The Morgan fingerprint density at radius 2 is 1.88 bits per heavy atom. The van der Waals surface area contributed by atoms with Crippen molar-refractivity contribution in [3.05, 3.63) is 47.5 Å². The number of aromatic nitrogens is 2. The minimum absolute atomic E-state index is 0.0467. The standard InChI is InChI=1S/C25H31N3O4S/c1-7-28-20-11-9-16(23(30)32-8-2)13-18(20)27-24(28)33-15-22(29)26-19-14-17(25(3,4)5)10-12-21(19)31-6/h9-14H,7-8,15H2,1-6H3,(H,26,29). The Hall–Kier alpha value is -3.00. The van der Waals surface area contributed by atoms with Crippen molar-refractivity contribution in [1.29, 1.82) is 0 Å². The SMILES string of the molecule is CCOC(=O)c1ccc2c(c1)nc(SCC(=O)Nc1cc(C(C)(C)C)ccc1OC)n2CC. The summed E-state index contributed by atoms with van der Waals surface area (Å²) >= 11 is 1.36. The number of ether oxygens (including phenoxy) is 2. The van der Waals surface area contributed by atoms with Crippen LogP contribution in [0.4, 0.5) is 5.69 Å². The summed E-state index contributed by atoms with van der Waals surface area (Å²) in [6.07, 6.45) is 0. The summed E-state index contributed by atoms with van der Waals surface area (Å²) in [5.41, 5.74) is 3.78. The predicted octanol–water partition coefficient (Wildman–Crippen LogP) is 5.27. The molecule has 0 saturated carbocycles. The van der Waals surface area contributed by atoms with Crippen molar-refractivity contribution in [1.82, 2.24) is 9.55 Å². The normalized spacial score (nSPS) is 11.5. The summed E-state index contributed by atoms with van der Waals surface area (Å²) in [6.45, 7) is 11.2. The van der Waals surface area contributed by atoms with E-state index in [-0.39, 0.29) is 23.0 Å². The van der Waals surface area contributed by atoms with Crippen molar-refractivity contribution in [2.45, 2.75) is 51.7 Å². The number of carbonyl (C=O) groups is 2. The second-order valence-corrected chi connectivity index (χ2v) is 9.51. The smallest absolute Gasteiger partial charge is 0.338 e. The molecular formula is C25H31N3O4S. The number of rotatable bonds is 8. The number of amides is 1. The van der Waals surface area contributed by atoms with Crippen LogP contribution < -0.4 is 10.1 Å². The van der Waals surface area contributed by atoms with Crippen LogP contribution in [-0.2, 0) is 21.5 Å². The lowest BCUT2D eigenvalue weighted by Crippen LogP contribution is -2.17. The Balaban J connectivity index is 1.77. The number of thioether (sulfide) groups is 1. The maximum absolute atomic E-state index is 12.8. The number of carbonyl (C=O) groups excluding carboxylic acids is 2. The van der Waals surface area contributed by atoms with E-state index in [4.69, 9.17) is 9.47 Å². The van der Waals surface area contributed by atoms with E-state index in [9.17, 15) is 9.59 Å². The van der Waals surface area contributed by atoms with Gasteiger partial charge in [-0.05, 0) is 55.2 Å². The van der Waals surface area contributed by atoms with Crippen LogP contribution in [0, 0.1) is 0 Å². The molecule has 0 bridgehead atoms. The fourth-order valence-corrected chi connectivity index (χ4v) is 4.33. The number of esters is 1. The summed E-state index contributed by atoms with van der Waals surface area (Å²) in [4.78, 5) is 29.5. The van der Waals surface area contributed by atoms with E-state index in [0.717, 1.165) is 16.2 Å². The highest BCUT2D eigenvalue weighted by Crippen LogP contribution is 2.32. The van der Waals surface area contributed by atoms with Gasteiger partial charge in [-0.1, -0.05) is 38.6 Å². The average molecular weight is 470 g/mol. The van der Waals surface area contributed by atoms with Crippen LogP contribution in [0.3, 0.4) is 0 Å². The summed E-state index contributed by atoms with van der Waals surface area (Å²) in [5.74, 6) is 0.294. The van der Waals surface area contributed by atoms with Crippen molar-refractivity contribution in [3.8, 4) is 5.75 Å². The maximum atomic E-state index is 12.8. The molecule has 7 nitrogen and oxygen atoms in total. The number of nitrogens with zero attached hydrogens (tertiary/aromatic N) is 2. The molecule has 0 atom stereocenters. The molecule has 176 valence electrons. The summed E-state index contributed by atoms with van der Waals surface area (Å²) in [6, 6.07) is 11.2. The molecule has 1 heterocycles. The summed E-state index contributed by atoms with van der Waals surface area (Å²) < 4.78 is 12.5. The van der Waals surface area contributed by atoms with Gasteiger partial charge in [0.15, 0.2) is 5.16 Å². The third-order valence-electron chi connectivity index (χ3n) is 5.21. The van der Waals surface area contributed by atoms with Crippen molar-refractivity contribution in [3.63, 3.8) is 0 Å². The Morgan fingerprint density at radius 3 is 2.52 bits per heavy atom. The predicted molar refractivity (Wildman–Crippen MR) is 132 cm³/mol. The van der Waals surface area contributed by atoms with E-state index in [1.807, 2.05) is 35.8 Å². The number of fused-ring (bicyclic) bond motifs is 1. The molecule has 33 heavy (non-hydrogen) atoms. The second-order valence-electron chi connectivity index (χ2n) is 8.56. The van der Waals surface area contributed by atoms with Crippen LogP contribution in [-0.4, -0.2) is 40.9 Å². The molecule has 1 amide bonds. The number of benzene rings is 2. The van der Waals surface area contributed by atoms with Crippen LogP contribution >= 0.6 is 11.8 Å². The largest absolute Gasteiger partial charge is 0.495 e. The van der Waals surface area contributed by atoms with Crippen LogP contribution in [0.1, 0.15) is 50.5 Å². The lowest BCUT2D eigenvalue weighted by molar-refractivity contribution is -0.113. The van der Waals surface area contributed by atoms with Gasteiger partial charge >= 0.3 is 5.97 Å². The molecule has 1 aromatic heterocycles. The molecule has 0 aliphatic rings. The van der Waals surface area contributed by atoms with Crippen LogP contribution in [0.15, 0.2) is 41.6 Å². The van der Waals surface area contributed by atoms with Gasteiger partial charge in [-0.15, -0.1) is 0 Å². The van der Waals surface area contributed by atoms with Gasteiger partial charge in [0.1, 0.15) is 5.75 Å². The molecular weight excluding hydrogens is 438 g/mol. The van der Waals surface area contributed by atoms with Gasteiger partial charge in [-0.2, -0.15) is 0 Å². The Morgan fingerprint density at radius 1 is 1.12 bits per heavy atom. The van der Waals surface area contributed by atoms with Gasteiger partial charge in [0, 0.05) is 6.54 Å². The fourth-order valence-electron chi connectivity index (χ4n) is 3.45. The zero-order chi connectivity index (χ0) is 24.2. The van der Waals surface area contributed by atoms with Gasteiger partial charge in [0.25, 0.3) is 0 Å². The van der Waals surface area contributed by atoms with Gasteiger partial charge in [0.05, 0.1) is 41.8 Å². The molecule has 0 aliphatic carbocycles. The first-order valence-corrected chi connectivity index (χ1v) is 11.9. The van der Waals surface area contributed by atoms with Crippen LogP contribution in [0.2, 0.25) is 0 Å². The van der Waals surface area contributed by atoms with Gasteiger partial charge in [-0.3, -0.25) is 4.79 Å². The van der Waals surface area contributed by atoms with Crippen LogP contribution in [0.25, 0.3) is 11.0 Å². The van der Waals surface area contributed by atoms with Crippen molar-refractivity contribution in [2.24, 2.45) is 0 Å². The van der Waals surface area contributed by atoms with Gasteiger partial charge in [0.2, 0.25) is 5.91 Å². The first kappa shape index (κ1) is 24.6. The Labute approximate surface area is 198 Å². The number of aryl methyl sites for hydroxylation is 1. The molecule has 0 aliphatic heterocycles. The molecule has 0 saturated heterocycles. The monoisotopic (exact) mass is 469 g/mol. The van der Waals surface area contributed by atoms with E-state index >= 15 is 0 Å². The third-order valence-corrected chi connectivity index (χ3v) is 6.19. The molecule has 1 N–H and O–H groups in total. The lowest BCUT2D eigenvalue weighted by atomic mass is 9.87. The summed E-state index contributed by atoms with van der Waals surface area (Å²) in [7, 11) is 1.59. The number of hydrogen-bond acceptors (Lipinski definition) is 6. The number of hydrogen-bond donors (Lipinski definition) is 1. The Kier molecular flexibility index (Phi) is 7.68. The Bertz CT molecular complexity index is 1160. The van der Waals surface area contributed by atoms with Crippen LogP contribution in [0.5, 0.6) is 5.75 Å². The first-order valence-electron chi connectivity index (χ1n) is 11.0. The molecule has 0 radical (unpaired) electrons. The quantitative estimate of drug-likeness (QED) is 0.357. The average Bonchev–Trinajstić information content (AvgIpc) is 3.13. The lowest BCUT2D eigenvalue weighted by Gasteiger charge is -2.21. The zero-order valence-corrected chi connectivity index (χ0v) is 20.8. The molecule has 3 rings (SSSR count). The number of anilines is 1. The fraction of sp³-hybridized carbons (Fsp3) is 0.400. The van der Waals surface area contributed by atoms with Gasteiger partial charge in [-0.25, -0.2) is 9.78 Å². The zero-order valence-electron chi connectivity index (χ0n) is 20.0. The first-order chi connectivity index (χ1) is 15.7. The number of methoxy groups -OCH3 is 1. The molecule has 0 fully saturated rings. The van der Waals surface area contributed by atoms with Gasteiger partial charge < -0.3 is 19.4 Å². The van der Waals surface area contributed by atoms with E-state index in [2.05, 4.69) is 31.1 Å². The van der Waals surface area contributed by atoms with Crippen molar-refractivity contribution >= 4 is 40.4 Å². The highest BCUT2D eigenvalue weighted by atomic mass is 32.2. The van der Waals surface area contributed by atoms with Crippen molar-refractivity contribution in [2.75, 3.05) is 24.8 Å². The van der Waals surface area contributed by atoms with E-state index in [1.165, 1.54) is 11.8 Å². The second kappa shape index (κ2) is 10.3. The van der Waals surface area contributed by atoms with E-state index in [0.29, 0.717) is 35.7 Å². The molecule has 3 aromatic rings. The maximum Gasteiger partial charge on any atom is 0.338 e. The molecule has 0 spiro atoms. The number of imidazole rings is 1. The molecule has 8 heteroatoms. The minimum Gasteiger partial charge on any atom is -0.495 e. The summed E-state index contributed by atoms with van der Waals surface area (Å²) in [5, 5.41) is 3.69.